The van der Waals surface area contributed by atoms with Crippen molar-refractivity contribution in [3.63, 3.8) is 0 Å². The second kappa shape index (κ2) is 7.65. The van der Waals surface area contributed by atoms with E-state index in [1.165, 1.54) is 37.8 Å². The van der Waals surface area contributed by atoms with Crippen LogP contribution >= 0.6 is 0 Å². The highest BCUT2D eigenvalue weighted by Crippen LogP contribution is 2.26. The minimum atomic E-state index is 0.358. The van der Waals surface area contributed by atoms with Gasteiger partial charge in [0.25, 0.3) is 0 Å². The smallest absolute Gasteiger partial charge is 0.119 e. The number of nitrogens with zero attached hydrogens (tertiary/aromatic N) is 1. The topological polar surface area (TPSA) is 24.5 Å². The predicted octanol–water partition coefficient (Wildman–Crippen LogP) is 3.08. The molecule has 2 rings (SSSR count). The van der Waals surface area contributed by atoms with Crippen molar-refractivity contribution in [3.8, 4) is 5.75 Å². The van der Waals surface area contributed by atoms with Gasteiger partial charge in [-0.3, -0.25) is 0 Å². The second-order valence-corrected chi connectivity index (χ2v) is 5.99. The first-order chi connectivity index (χ1) is 9.72. The fourth-order valence-electron chi connectivity index (χ4n) is 3.24. The molecule has 20 heavy (non-hydrogen) atoms. The van der Waals surface area contributed by atoms with Crippen LogP contribution in [0, 0.1) is 5.92 Å². The maximum absolute atomic E-state index is 5.32. The molecule has 1 atom stereocenters. The summed E-state index contributed by atoms with van der Waals surface area (Å²) in [6.07, 6.45) is 5.66. The summed E-state index contributed by atoms with van der Waals surface area (Å²) in [7, 11) is 6.00. The summed E-state index contributed by atoms with van der Waals surface area (Å²) < 4.78 is 5.32. The molecule has 1 fully saturated rings. The van der Waals surface area contributed by atoms with Gasteiger partial charge in [0, 0.05) is 19.1 Å². The number of hydrogen-bond donors (Lipinski definition) is 1. The molecule has 112 valence electrons. The molecule has 1 aromatic carbocycles. The molecule has 0 heterocycles. The summed E-state index contributed by atoms with van der Waals surface area (Å²) in [6, 6.07) is 8.72. The maximum Gasteiger partial charge on any atom is 0.119 e. The summed E-state index contributed by atoms with van der Waals surface area (Å²) in [6.45, 7) is 2.27. The highest BCUT2D eigenvalue weighted by atomic mass is 16.5. The van der Waals surface area contributed by atoms with Crippen LogP contribution < -0.4 is 10.1 Å². The number of nitrogens with one attached hydrogen (secondary N) is 1. The number of likely N-dealkylation sites (N-methyl/N-ethyl adjacent to an activating group) is 2. The van der Waals surface area contributed by atoms with Crippen LogP contribution in [0.2, 0.25) is 0 Å². The Morgan fingerprint density at radius 1 is 1.35 bits per heavy atom. The highest BCUT2D eigenvalue weighted by molar-refractivity contribution is 5.30. The molecule has 1 aliphatic rings. The van der Waals surface area contributed by atoms with Crippen molar-refractivity contribution in [2.75, 3.05) is 34.3 Å². The lowest BCUT2D eigenvalue weighted by molar-refractivity contribution is 0.253. The van der Waals surface area contributed by atoms with E-state index in [0.29, 0.717) is 6.04 Å². The van der Waals surface area contributed by atoms with Gasteiger partial charge in [-0.1, -0.05) is 25.0 Å². The summed E-state index contributed by atoms with van der Waals surface area (Å²) in [4.78, 5) is 2.47. The third-order valence-electron chi connectivity index (χ3n) is 4.38. The van der Waals surface area contributed by atoms with E-state index in [0.717, 1.165) is 18.2 Å². The zero-order chi connectivity index (χ0) is 14.4. The SMILES string of the molecule is CNC(CN(C)CC1CCCC1)c1cccc(OC)c1. The molecular weight excluding hydrogens is 248 g/mol. The van der Waals surface area contributed by atoms with Crippen LogP contribution in [0.5, 0.6) is 5.75 Å². The fraction of sp³-hybridized carbons (Fsp3) is 0.647. The standard InChI is InChI=1S/C17H28N2O/c1-18-17(15-9-6-10-16(11-15)20-3)13-19(2)12-14-7-4-5-8-14/h6,9-11,14,17-18H,4-5,7-8,12-13H2,1-3H3. The highest BCUT2D eigenvalue weighted by Gasteiger charge is 2.19. The van der Waals surface area contributed by atoms with Crippen molar-refractivity contribution in [2.24, 2.45) is 5.92 Å². The van der Waals surface area contributed by atoms with E-state index in [9.17, 15) is 0 Å². The molecule has 1 aromatic rings. The summed E-state index contributed by atoms with van der Waals surface area (Å²) >= 11 is 0. The van der Waals surface area contributed by atoms with E-state index in [4.69, 9.17) is 4.74 Å². The maximum atomic E-state index is 5.32. The van der Waals surface area contributed by atoms with Crippen molar-refractivity contribution in [1.29, 1.82) is 0 Å². The molecule has 1 aliphatic carbocycles. The second-order valence-electron chi connectivity index (χ2n) is 5.99. The Morgan fingerprint density at radius 2 is 2.10 bits per heavy atom. The van der Waals surface area contributed by atoms with Crippen LogP contribution in [-0.2, 0) is 0 Å². The first-order valence-corrected chi connectivity index (χ1v) is 7.72. The molecular formula is C17H28N2O. The Morgan fingerprint density at radius 3 is 2.75 bits per heavy atom. The van der Waals surface area contributed by atoms with E-state index < -0.39 is 0 Å². The van der Waals surface area contributed by atoms with Crippen LogP contribution in [-0.4, -0.2) is 39.2 Å². The Balaban J connectivity index is 1.93. The Kier molecular flexibility index (Phi) is 5.86. The van der Waals surface area contributed by atoms with Gasteiger partial charge in [0.15, 0.2) is 0 Å². The van der Waals surface area contributed by atoms with Gasteiger partial charge >= 0.3 is 0 Å². The van der Waals surface area contributed by atoms with E-state index in [2.05, 4.69) is 35.5 Å². The van der Waals surface area contributed by atoms with Gasteiger partial charge in [0.05, 0.1) is 7.11 Å². The quantitative estimate of drug-likeness (QED) is 0.828. The first-order valence-electron chi connectivity index (χ1n) is 7.72. The van der Waals surface area contributed by atoms with Crippen LogP contribution in [0.25, 0.3) is 0 Å². The van der Waals surface area contributed by atoms with Gasteiger partial charge in [0.2, 0.25) is 0 Å². The van der Waals surface area contributed by atoms with Crippen molar-refractivity contribution < 1.29 is 4.74 Å². The third-order valence-corrected chi connectivity index (χ3v) is 4.38. The van der Waals surface area contributed by atoms with Gasteiger partial charge in [-0.2, -0.15) is 0 Å². The molecule has 1 unspecified atom stereocenters. The Hall–Kier alpha value is -1.06. The summed E-state index contributed by atoms with van der Waals surface area (Å²) in [5, 5.41) is 3.43. The number of hydrogen-bond acceptors (Lipinski definition) is 3. The lowest BCUT2D eigenvalue weighted by atomic mass is 10.0. The van der Waals surface area contributed by atoms with Gasteiger partial charge < -0.3 is 15.0 Å². The van der Waals surface area contributed by atoms with Gasteiger partial charge in [-0.05, 0) is 50.6 Å². The number of methoxy groups -OCH3 is 1. The molecule has 0 radical (unpaired) electrons. The number of rotatable bonds is 7. The zero-order valence-electron chi connectivity index (χ0n) is 13.1. The fourth-order valence-corrected chi connectivity index (χ4v) is 3.24. The Labute approximate surface area is 123 Å². The summed E-state index contributed by atoms with van der Waals surface area (Å²) in [5.74, 6) is 1.84. The van der Waals surface area contributed by atoms with Crippen LogP contribution in [0.4, 0.5) is 0 Å². The van der Waals surface area contributed by atoms with Crippen molar-refractivity contribution in [3.05, 3.63) is 29.8 Å². The molecule has 0 spiro atoms. The number of benzene rings is 1. The molecule has 1 N–H and O–H groups in total. The molecule has 0 aliphatic heterocycles. The van der Waals surface area contributed by atoms with E-state index in [1.807, 2.05) is 13.1 Å². The van der Waals surface area contributed by atoms with Crippen molar-refractivity contribution >= 4 is 0 Å². The third kappa shape index (κ3) is 4.22. The molecule has 0 saturated heterocycles. The molecule has 0 bridgehead atoms. The van der Waals surface area contributed by atoms with Crippen molar-refractivity contribution in [1.82, 2.24) is 10.2 Å². The summed E-state index contributed by atoms with van der Waals surface area (Å²) in [5.41, 5.74) is 1.30. The molecule has 3 nitrogen and oxygen atoms in total. The zero-order valence-corrected chi connectivity index (χ0v) is 13.1. The largest absolute Gasteiger partial charge is 0.497 e. The van der Waals surface area contributed by atoms with E-state index in [-0.39, 0.29) is 0 Å². The predicted molar refractivity (Wildman–Crippen MR) is 84.2 cm³/mol. The minimum absolute atomic E-state index is 0.358. The van der Waals surface area contributed by atoms with Crippen LogP contribution in [0.15, 0.2) is 24.3 Å². The van der Waals surface area contributed by atoms with Gasteiger partial charge in [-0.25, -0.2) is 0 Å². The average molecular weight is 276 g/mol. The Bertz CT molecular complexity index is 402. The lowest BCUT2D eigenvalue weighted by Gasteiger charge is -2.26. The van der Waals surface area contributed by atoms with E-state index in [1.54, 1.807) is 7.11 Å². The number of ether oxygens (including phenoxy) is 1. The van der Waals surface area contributed by atoms with Gasteiger partial charge in [0.1, 0.15) is 5.75 Å². The van der Waals surface area contributed by atoms with Crippen LogP contribution in [0.1, 0.15) is 37.3 Å². The normalized spacial score (nSPS) is 17.6. The molecule has 3 heteroatoms. The average Bonchev–Trinajstić information content (AvgIpc) is 2.97. The first kappa shape index (κ1) is 15.3. The van der Waals surface area contributed by atoms with Crippen molar-refractivity contribution in [2.45, 2.75) is 31.7 Å². The minimum Gasteiger partial charge on any atom is -0.497 e. The molecule has 0 amide bonds. The van der Waals surface area contributed by atoms with Crippen LogP contribution in [0.3, 0.4) is 0 Å². The van der Waals surface area contributed by atoms with Gasteiger partial charge in [-0.15, -0.1) is 0 Å². The molecule has 1 saturated carbocycles. The monoisotopic (exact) mass is 276 g/mol. The van der Waals surface area contributed by atoms with E-state index >= 15 is 0 Å². The lowest BCUT2D eigenvalue weighted by Crippen LogP contribution is -2.33. The molecule has 0 aromatic heterocycles.